The van der Waals surface area contributed by atoms with Crippen LogP contribution in [0.5, 0.6) is 0 Å². The van der Waals surface area contributed by atoms with Gasteiger partial charge in [-0.05, 0) is 24.9 Å². The van der Waals surface area contributed by atoms with Crippen molar-refractivity contribution in [1.82, 2.24) is 15.8 Å². The van der Waals surface area contributed by atoms with Crippen molar-refractivity contribution in [3.63, 3.8) is 0 Å². The van der Waals surface area contributed by atoms with E-state index in [1.54, 1.807) is 0 Å². The predicted octanol–water partition coefficient (Wildman–Crippen LogP) is 6.17. The van der Waals surface area contributed by atoms with Crippen LogP contribution in [0.4, 0.5) is 0 Å². The van der Waals surface area contributed by atoms with Gasteiger partial charge in [0.25, 0.3) is 0 Å². The first-order valence-electron chi connectivity index (χ1n) is 13.6. The number of nitrogens with one attached hydrogen (secondary N) is 3. The van der Waals surface area contributed by atoms with E-state index >= 15 is 0 Å². The molecule has 0 spiro atoms. The SMILES string of the molecule is [SiH3]NNCCCCCCCCCCCCCCCCCCCCNCc1ccccc1. The van der Waals surface area contributed by atoms with Gasteiger partial charge in [0.15, 0.2) is 0 Å². The van der Waals surface area contributed by atoms with Gasteiger partial charge in [0, 0.05) is 13.1 Å². The summed E-state index contributed by atoms with van der Waals surface area (Å²) in [4.78, 5) is 0. The molecule has 0 fully saturated rings. The Balaban J connectivity index is 1.65. The van der Waals surface area contributed by atoms with E-state index in [1.165, 1.54) is 121 Å². The van der Waals surface area contributed by atoms with Gasteiger partial charge in [0.1, 0.15) is 0 Å². The Morgan fingerprint density at radius 3 is 1.29 bits per heavy atom. The molecule has 0 heterocycles. The minimum Gasteiger partial charge on any atom is -0.313 e. The first-order valence-corrected chi connectivity index (χ1v) is 14.6. The third kappa shape index (κ3) is 20.9. The number of hydrazine groups is 1. The molecule has 0 aliphatic rings. The van der Waals surface area contributed by atoms with E-state index in [1.807, 2.05) is 0 Å². The van der Waals surface area contributed by atoms with E-state index in [0.29, 0.717) is 0 Å². The molecule has 0 aliphatic heterocycles. The molecule has 0 aliphatic carbocycles. The minimum atomic E-state index is 1.01. The second-order valence-corrected chi connectivity index (χ2v) is 9.70. The average molecular weight is 448 g/mol. The molecule has 0 aromatic heterocycles. The van der Waals surface area contributed by atoms with Crippen LogP contribution in [0.1, 0.15) is 121 Å². The fourth-order valence-corrected chi connectivity index (χ4v) is 4.50. The summed E-state index contributed by atoms with van der Waals surface area (Å²) in [5.41, 5.74) is 4.61. The van der Waals surface area contributed by atoms with Crippen LogP contribution in [0.15, 0.2) is 30.3 Å². The summed E-state index contributed by atoms with van der Waals surface area (Å²) in [5.74, 6) is 0. The van der Waals surface area contributed by atoms with Gasteiger partial charge in [-0.25, -0.2) is 0 Å². The maximum absolute atomic E-state index is 3.56. The van der Waals surface area contributed by atoms with Crippen molar-refractivity contribution < 1.29 is 0 Å². The second kappa shape index (κ2) is 24.0. The fourth-order valence-electron chi connectivity index (χ4n) is 4.25. The molecule has 180 valence electrons. The van der Waals surface area contributed by atoms with Crippen LogP contribution in [0.25, 0.3) is 0 Å². The lowest BCUT2D eigenvalue weighted by atomic mass is 10.0. The summed E-state index contributed by atoms with van der Waals surface area (Å²) in [5, 5.41) is 6.68. The van der Waals surface area contributed by atoms with Crippen LogP contribution in [-0.2, 0) is 6.54 Å². The number of rotatable bonds is 24. The molecule has 1 aromatic carbocycles. The summed E-state index contributed by atoms with van der Waals surface area (Å²) < 4.78 is 0. The molecular formula is C27H53N3Si. The Kier molecular flexibility index (Phi) is 21.9. The Hall–Kier alpha value is -0.683. The van der Waals surface area contributed by atoms with Crippen LogP contribution < -0.4 is 15.8 Å². The van der Waals surface area contributed by atoms with Crippen LogP contribution in [0.3, 0.4) is 0 Å². The van der Waals surface area contributed by atoms with E-state index in [2.05, 4.69) is 46.2 Å². The van der Waals surface area contributed by atoms with Crippen molar-refractivity contribution in [2.45, 2.75) is 122 Å². The highest BCUT2D eigenvalue weighted by Crippen LogP contribution is 2.14. The lowest BCUT2D eigenvalue weighted by molar-refractivity contribution is 0.518. The third-order valence-electron chi connectivity index (χ3n) is 6.25. The Morgan fingerprint density at radius 1 is 0.484 bits per heavy atom. The quantitative estimate of drug-likeness (QED) is 0.101. The Morgan fingerprint density at radius 2 is 0.871 bits per heavy atom. The van der Waals surface area contributed by atoms with Gasteiger partial charge in [-0.15, -0.1) is 0 Å². The summed E-state index contributed by atoms with van der Waals surface area (Å²) in [6, 6.07) is 10.7. The van der Waals surface area contributed by atoms with Gasteiger partial charge in [-0.3, -0.25) is 10.5 Å². The molecule has 1 aromatic rings. The fraction of sp³-hybridized carbons (Fsp3) is 0.778. The van der Waals surface area contributed by atoms with Gasteiger partial charge < -0.3 is 5.32 Å². The molecule has 0 saturated carbocycles. The van der Waals surface area contributed by atoms with Crippen LogP contribution >= 0.6 is 0 Å². The predicted molar refractivity (Wildman–Crippen MR) is 142 cm³/mol. The zero-order valence-electron chi connectivity index (χ0n) is 20.7. The van der Waals surface area contributed by atoms with Crippen LogP contribution in [0.2, 0.25) is 0 Å². The summed E-state index contributed by atoms with van der Waals surface area (Å²) in [6.07, 6.45) is 25.8. The highest BCUT2D eigenvalue weighted by molar-refractivity contribution is 6.03. The normalized spacial score (nSPS) is 11.4. The molecule has 1 rings (SSSR count). The third-order valence-corrected chi connectivity index (χ3v) is 6.61. The molecule has 0 radical (unpaired) electrons. The standard InChI is InChI=1S/C27H53N3Si/c31-30-29-25-21-16-14-12-10-8-6-4-2-1-3-5-7-9-11-13-15-20-24-28-26-27-22-18-17-19-23-27/h17-19,22-23,28-30H,1-16,20-21,24-26H2,31H3. The summed E-state index contributed by atoms with van der Waals surface area (Å²) in [6.45, 7) is 3.30. The Bertz CT molecular complexity index is 455. The first kappa shape index (κ1) is 28.3. The highest BCUT2D eigenvalue weighted by atomic mass is 28.2. The molecule has 4 heteroatoms. The number of hydrogen-bond acceptors (Lipinski definition) is 3. The Labute approximate surface area is 197 Å². The summed E-state index contributed by atoms with van der Waals surface area (Å²) in [7, 11) is 1.04. The van der Waals surface area contributed by atoms with Crippen LogP contribution in [-0.4, -0.2) is 23.5 Å². The monoisotopic (exact) mass is 447 g/mol. The topological polar surface area (TPSA) is 36.1 Å². The molecule has 3 nitrogen and oxygen atoms in total. The van der Waals surface area contributed by atoms with Crippen molar-refractivity contribution in [2.75, 3.05) is 13.1 Å². The largest absolute Gasteiger partial charge is 0.313 e. The van der Waals surface area contributed by atoms with Gasteiger partial charge in [0.05, 0.1) is 10.4 Å². The lowest BCUT2D eigenvalue weighted by Crippen LogP contribution is -2.29. The average Bonchev–Trinajstić information content (AvgIpc) is 2.80. The molecule has 0 atom stereocenters. The van der Waals surface area contributed by atoms with Gasteiger partial charge in [-0.1, -0.05) is 133 Å². The van der Waals surface area contributed by atoms with E-state index < -0.39 is 0 Å². The van der Waals surface area contributed by atoms with Gasteiger partial charge >= 0.3 is 0 Å². The maximum atomic E-state index is 3.56. The molecule has 3 N–H and O–H groups in total. The molecule has 0 bridgehead atoms. The van der Waals surface area contributed by atoms with E-state index in [9.17, 15) is 0 Å². The van der Waals surface area contributed by atoms with E-state index in [4.69, 9.17) is 0 Å². The number of benzene rings is 1. The van der Waals surface area contributed by atoms with Crippen molar-refractivity contribution in [2.24, 2.45) is 0 Å². The second-order valence-electron chi connectivity index (χ2n) is 9.20. The van der Waals surface area contributed by atoms with Crippen molar-refractivity contribution >= 4 is 10.4 Å². The molecule has 0 unspecified atom stereocenters. The lowest BCUT2D eigenvalue weighted by Gasteiger charge is -2.05. The first-order chi connectivity index (χ1) is 15.4. The summed E-state index contributed by atoms with van der Waals surface area (Å²) >= 11 is 0. The highest BCUT2D eigenvalue weighted by Gasteiger charge is 1.96. The van der Waals surface area contributed by atoms with Crippen molar-refractivity contribution in [3.05, 3.63) is 35.9 Å². The molecule has 31 heavy (non-hydrogen) atoms. The zero-order valence-corrected chi connectivity index (χ0v) is 22.7. The van der Waals surface area contributed by atoms with Crippen molar-refractivity contribution in [1.29, 1.82) is 0 Å². The minimum absolute atomic E-state index is 1.01. The van der Waals surface area contributed by atoms with Crippen molar-refractivity contribution in [3.8, 4) is 0 Å². The van der Waals surface area contributed by atoms with Gasteiger partial charge in [-0.2, -0.15) is 0 Å². The molecule has 0 amide bonds. The van der Waals surface area contributed by atoms with Crippen LogP contribution in [0, 0.1) is 0 Å². The van der Waals surface area contributed by atoms with E-state index in [-0.39, 0.29) is 0 Å². The maximum Gasteiger partial charge on any atom is 0.0942 e. The number of hydrogen-bond donors (Lipinski definition) is 3. The molecule has 0 saturated heterocycles. The van der Waals surface area contributed by atoms with E-state index in [0.717, 1.165) is 30.0 Å². The van der Waals surface area contributed by atoms with Gasteiger partial charge in [0.2, 0.25) is 0 Å². The number of unbranched alkanes of at least 4 members (excludes halogenated alkanes) is 17. The molecular weight excluding hydrogens is 394 g/mol. The zero-order chi connectivity index (χ0) is 22.1. The smallest absolute Gasteiger partial charge is 0.0942 e.